The molecule has 0 aliphatic heterocycles. The summed E-state index contributed by atoms with van der Waals surface area (Å²) in [7, 11) is 0. The van der Waals surface area contributed by atoms with Crippen LogP contribution >= 0.6 is 15.9 Å². The van der Waals surface area contributed by atoms with Gasteiger partial charge >= 0.3 is 0 Å². The molecule has 0 aliphatic carbocycles. The van der Waals surface area contributed by atoms with Crippen LogP contribution in [-0.4, -0.2) is 19.0 Å². The second-order valence-corrected chi connectivity index (χ2v) is 4.38. The van der Waals surface area contributed by atoms with Gasteiger partial charge in [0, 0.05) is 28.0 Å². The van der Waals surface area contributed by atoms with Crippen LogP contribution in [0.3, 0.4) is 0 Å². The summed E-state index contributed by atoms with van der Waals surface area (Å²) in [5.74, 6) is -0.119. The van der Waals surface area contributed by atoms with Crippen molar-refractivity contribution in [3.8, 4) is 0 Å². The second kappa shape index (κ2) is 6.93. The molecule has 1 N–H and O–H groups in total. The molecule has 0 fully saturated rings. The van der Waals surface area contributed by atoms with E-state index in [0.29, 0.717) is 25.1 Å². The number of carbonyl (C=O) groups excluding carboxylic acids is 1. The molecule has 1 aromatic carbocycles. The molecule has 0 atom stereocenters. The topological polar surface area (TPSA) is 77.9 Å². The van der Waals surface area contributed by atoms with Gasteiger partial charge in [0.25, 0.3) is 5.91 Å². The minimum absolute atomic E-state index is 0.119. The number of benzene rings is 1. The molecule has 17 heavy (non-hydrogen) atoms. The minimum Gasteiger partial charge on any atom is -0.352 e. The number of hydrogen-bond acceptors (Lipinski definition) is 2. The van der Waals surface area contributed by atoms with E-state index in [2.05, 4.69) is 31.3 Å². The van der Waals surface area contributed by atoms with Gasteiger partial charge in [-0.3, -0.25) is 4.79 Å². The third-order valence-corrected chi connectivity index (χ3v) is 3.07. The number of nitrogens with one attached hydrogen (secondary N) is 1. The number of aryl methyl sites for hydroxylation is 1. The van der Waals surface area contributed by atoms with Crippen molar-refractivity contribution in [3.05, 3.63) is 44.2 Å². The van der Waals surface area contributed by atoms with Gasteiger partial charge in [0.1, 0.15) is 0 Å². The van der Waals surface area contributed by atoms with E-state index >= 15 is 0 Å². The maximum atomic E-state index is 11.7. The van der Waals surface area contributed by atoms with Gasteiger partial charge in [-0.1, -0.05) is 27.1 Å². The third kappa shape index (κ3) is 4.46. The molecule has 0 saturated carbocycles. The molecule has 1 amide bonds. The molecule has 6 heteroatoms. The number of carbonyl (C=O) groups is 1. The molecule has 0 radical (unpaired) electrons. The summed E-state index contributed by atoms with van der Waals surface area (Å²) in [5, 5.41) is 6.15. The van der Waals surface area contributed by atoms with Crippen LogP contribution in [0.5, 0.6) is 0 Å². The molecule has 1 aromatic rings. The summed E-state index contributed by atoms with van der Waals surface area (Å²) >= 11 is 3.38. The summed E-state index contributed by atoms with van der Waals surface area (Å²) in [6.07, 6.45) is 0.642. The van der Waals surface area contributed by atoms with Crippen molar-refractivity contribution in [2.45, 2.75) is 13.3 Å². The average Bonchev–Trinajstić information content (AvgIpc) is 2.32. The minimum atomic E-state index is -0.119. The number of amides is 1. The van der Waals surface area contributed by atoms with E-state index in [0.717, 1.165) is 10.0 Å². The van der Waals surface area contributed by atoms with Crippen molar-refractivity contribution in [3.63, 3.8) is 0 Å². The Bertz CT molecular complexity index is 455. The summed E-state index contributed by atoms with van der Waals surface area (Å²) in [6.45, 7) is 2.86. The molecule has 0 saturated heterocycles. The van der Waals surface area contributed by atoms with Crippen molar-refractivity contribution in [2.24, 2.45) is 5.11 Å². The molecule has 1 rings (SSSR count). The van der Waals surface area contributed by atoms with E-state index in [1.54, 1.807) is 12.1 Å². The third-order valence-electron chi connectivity index (χ3n) is 2.22. The second-order valence-electron chi connectivity index (χ2n) is 3.53. The first-order chi connectivity index (χ1) is 8.15. The quantitative estimate of drug-likeness (QED) is 0.385. The fraction of sp³-hybridized carbons (Fsp3) is 0.364. The lowest BCUT2D eigenvalue weighted by atomic mass is 10.1. The van der Waals surface area contributed by atoms with Crippen LogP contribution in [0.1, 0.15) is 22.3 Å². The van der Waals surface area contributed by atoms with Crippen LogP contribution in [0.15, 0.2) is 27.8 Å². The average molecular weight is 297 g/mol. The van der Waals surface area contributed by atoms with Gasteiger partial charge in [0.15, 0.2) is 0 Å². The zero-order valence-electron chi connectivity index (χ0n) is 9.48. The Labute approximate surface area is 108 Å². The normalized spacial score (nSPS) is 9.53. The number of halogens is 1. The summed E-state index contributed by atoms with van der Waals surface area (Å²) in [6, 6.07) is 5.46. The van der Waals surface area contributed by atoms with Gasteiger partial charge in [-0.25, -0.2) is 0 Å². The predicted molar refractivity (Wildman–Crippen MR) is 69.8 cm³/mol. The van der Waals surface area contributed by atoms with Crippen LogP contribution in [0.2, 0.25) is 0 Å². The Morgan fingerprint density at radius 1 is 1.59 bits per heavy atom. The van der Waals surface area contributed by atoms with Crippen molar-refractivity contribution < 1.29 is 4.79 Å². The molecule has 90 valence electrons. The summed E-state index contributed by atoms with van der Waals surface area (Å²) in [4.78, 5) is 14.3. The number of nitrogens with zero attached hydrogens (tertiary/aromatic N) is 3. The van der Waals surface area contributed by atoms with Gasteiger partial charge in [0.05, 0.1) is 0 Å². The Kier molecular flexibility index (Phi) is 5.52. The summed E-state index contributed by atoms with van der Waals surface area (Å²) in [5.41, 5.74) is 9.78. The SMILES string of the molecule is Cc1ccc(C(=O)NCCCN=[N+]=[N-])cc1Br. The van der Waals surface area contributed by atoms with E-state index < -0.39 is 0 Å². The van der Waals surface area contributed by atoms with E-state index in [-0.39, 0.29) is 5.91 Å². The molecular formula is C11H13BrN4O. The van der Waals surface area contributed by atoms with E-state index in [1.807, 2.05) is 13.0 Å². The van der Waals surface area contributed by atoms with Gasteiger partial charge in [-0.05, 0) is 36.6 Å². The first-order valence-corrected chi connectivity index (χ1v) is 5.99. The van der Waals surface area contributed by atoms with Gasteiger partial charge < -0.3 is 5.32 Å². The Hall–Kier alpha value is -1.52. The zero-order valence-corrected chi connectivity index (χ0v) is 11.1. The van der Waals surface area contributed by atoms with Crippen LogP contribution in [0.4, 0.5) is 0 Å². The van der Waals surface area contributed by atoms with Crippen molar-refractivity contribution in [2.75, 3.05) is 13.1 Å². The van der Waals surface area contributed by atoms with Crippen LogP contribution < -0.4 is 5.32 Å². The van der Waals surface area contributed by atoms with E-state index in [4.69, 9.17) is 5.53 Å². The van der Waals surface area contributed by atoms with E-state index in [1.165, 1.54) is 0 Å². The number of hydrogen-bond donors (Lipinski definition) is 1. The lowest BCUT2D eigenvalue weighted by Crippen LogP contribution is -2.24. The first-order valence-electron chi connectivity index (χ1n) is 5.20. The van der Waals surface area contributed by atoms with Crippen LogP contribution in [0, 0.1) is 6.92 Å². The highest BCUT2D eigenvalue weighted by Crippen LogP contribution is 2.17. The Morgan fingerprint density at radius 3 is 3.00 bits per heavy atom. The largest absolute Gasteiger partial charge is 0.352 e. The molecule has 0 aliphatic rings. The summed E-state index contributed by atoms with van der Waals surface area (Å²) < 4.78 is 0.916. The predicted octanol–water partition coefficient (Wildman–Crippen LogP) is 3.19. The first kappa shape index (κ1) is 13.5. The fourth-order valence-electron chi connectivity index (χ4n) is 1.23. The monoisotopic (exact) mass is 296 g/mol. The molecule has 0 heterocycles. The highest BCUT2D eigenvalue weighted by atomic mass is 79.9. The van der Waals surface area contributed by atoms with E-state index in [9.17, 15) is 4.79 Å². The molecule has 0 bridgehead atoms. The molecule has 5 nitrogen and oxygen atoms in total. The molecule has 0 aromatic heterocycles. The van der Waals surface area contributed by atoms with Crippen molar-refractivity contribution in [1.82, 2.24) is 5.32 Å². The zero-order chi connectivity index (χ0) is 12.7. The maximum absolute atomic E-state index is 11.7. The molecule has 0 unspecified atom stereocenters. The lowest BCUT2D eigenvalue weighted by molar-refractivity contribution is 0.0953. The number of azide groups is 1. The Morgan fingerprint density at radius 2 is 2.35 bits per heavy atom. The fourth-order valence-corrected chi connectivity index (χ4v) is 1.61. The lowest BCUT2D eigenvalue weighted by Gasteiger charge is -2.05. The van der Waals surface area contributed by atoms with Gasteiger partial charge in [-0.2, -0.15) is 0 Å². The smallest absolute Gasteiger partial charge is 0.251 e. The van der Waals surface area contributed by atoms with Gasteiger partial charge in [0.2, 0.25) is 0 Å². The molecule has 0 spiro atoms. The highest BCUT2D eigenvalue weighted by Gasteiger charge is 2.05. The van der Waals surface area contributed by atoms with Gasteiger partial charge in [-0.15, -0.1) is 0 Å². The molecular weight excluding hydrogens is 284 g/mol. The van der Waals surface area contributed by atoms with Crippen molar-refractivity contribution in [1.29, 1.82) is 0 Å². The van der Waals surface area contributed by atoms with Crippen LogP contribution in [0.25, 0.3) is 10.4 Å². The maximum Gasteiger partial charge on any atom is 0.251 e. The number of rotatable bonds is 5. The standard InChI is InChI=1S/C11H13BrN4O/c1-8-3-4-9(7-10(8)12)11(17)14-5-2-6-15-16-13/h3-4,7H,2,5-6H2,1H3,(H,14,17). The Balaban J connectivity index is 2.46. The van der Waals surface area contributed by atoms with Crippen molar-refractivity contribution >= 4 is 21.8 Å². The highest BCUT2D eigenvalue weighted by molar-refractivity contribution is 9.10. The van der Waals surface area contributed by atoms with Crippen LogP contribution in [-0.2, 0) is 0 Å².